The Morgan fingerprint density at radius 1 is 1.19 bits per heavy atom. The predicted molar refractivity (Wildman–Crippen MR) is 124 cm³/mol. The van der Waals surface area contributed by atoms with Gasteiger partial charge in [0.05, 0.1) is 43.8 Å². The molecule has 1 saturated heterocycles. The van der Waals surface area contributed by atoms with Crippen molar-refractivity contribution >= 4 is 45.6 Å². The molecule has 0 saturated carbocycles. The van der Waals surface area contributed by atoms with E-state index < -0.39 is 0 Å². The normalized spacial score (nSPS) is 20.8. The molecule has 1 unspecified atom stereocenters. The van der Waals surface area contributed by atoms with Gasteiger partial charge in [0.2, 0.25) is 0 Å². The van der Waals surface area contributed by atoms with Crippen molar-refractivity contribution in [2.24, 2.45) is 0 Å². The van der Waals surface area contributed by atoms with Gasteiger partial charge in [0.25, 0.3) is 5.91 Å². The third-order valence-electron chi connectivity index (χ3n) is 6.12. The van der Waals surface area contributed by atoms with Crippen LogP contribution in [-0.4, -0.2) is 67.8 Å². The van der Waals surface area contributed by atoms with E-state index >= 15 is 0 Å². The second-order valence-electron chi connectivity index (χ2n) is 8.27. The fourth-order valence-electron chi connectivity index (χ4n) is 4.02. The molecule has 2 aromatic rings. The molecule has 3 heterocycles. The van der Waals surface area contributed by atoms with Crippen LogP contribution in [-0.2, 0) is 17.7 Å². The molecule has 166 valence electrons. The average Bonchev–Trinajstić information content (AvgIpc) is 3.11. The molecule has 0 bridgehead atoms. The molecule has 31 heavy (non-hydrogen) atoms. The van der Waals surface area contributed by atoms with Crippen molar-refractivity contribution in [2.45, 2.75) is 19.9 Å². The summed E-state index contributed by atoms with van der Waals surface area (Å²) in [5, 5.41) is 6.99. The van der Waals surface area contributed by atoms with Gasteiger partial charge in [-0.25, -0.2) is 4.79 Å². The number of nitrogens with zero attached hydrogens (tertiary/aromatic N) is 2. The fourth-order valence-corrected chi connectivity index (χ4v) is 5.55. The summed E-state index contributed by atoms with van der Waals surface area (Å²) in [6.45, 7) is 7.32. The van der Waals surface area contributed by atoms with Crippen molar-refractivity contribution in [3.63, 3.8) is 0 Å². The van der Waals surface area contributed by atoms with E-state index in [2.05, 4.69) is 24.6 Å². The molecule has 0 aliphatic carbocycles. The number of nitrogens with one attached hydrogen (secondary N) is 2. The highest BCUT2D eigenvalue weighted by atomic mass is 35.5. The van der Waals surface area contributed by atoms with Crippen LogP contribution in [0.15, 0.2) is 24.3 Å². The van der Waals surface area contributed by atoms with Gasteiger partial charge in [-0.15, -0.1) is 11.3 Å². The largest absolute Gasteiger partial charge is 0.378 e. The summed E-state index contributed by atoms with van der Waals surface area (Å²) >= 11 is 7.45. The smallest absolute Gasteiger partial charge is 0.324 e. The number of rotatable bonds is 4. The molecular weight excluding hydrogens is 436 g/mol. The van der Waals surface area contributed by atoms with Crippen molar-refractivity contribution in [1.82, 2.24) is 4.90 Å². The fraction of sp³-hybridized carbons (Fsp3) is 0.455. The Labute approximate surface area is 191 Å². The number of fused-ring (bicyclic) bond motifs is 1. The number of ether oxygens (including phenoxy) is 1. The van der Waals surface area contributed by atoms with E-state index in [1.807, 2.05) is 4.90 Å². The van der Waals surface area contributed by atoms with Gasteiger partial charge in [-0.2, -0.15) is 0 Å². The maximum Gasteiger partial charge on any atom is 0.324 e. The number of amides is 3. The lowest BCUT2D eigenvalue weighted by molar-refractivity contribution is -0.922. The Morgan fingerprint density at radius 3 is 2.58 bits per heavy atom. The number of hydrogen-bond acceptors (Lipinski definition) is 4. The van der Waals surface area contributed by atoms with E-state index in [-0.39, 0.29) is 11.9 Å². The third-order valence-corrected chi connectivity index (χ3v) is 7.51. The zero-order chi connectivity index (χ0) is 22.0. The zero-order valence-corrected chi connectivity index (χ0v) is 19.4. The van der Waals surface area contributed by atoms with Gasteiger partial charge < -0.3 is 19.4 Å². The van der Waals surface area contributed by atoms with Crippen molar-refractivity contribution in [2.75, 3.05) is 57.1 Å². The first-order valence-corrected chi connectivity index (χ1v) is 11.8. The van der Waals surface area contributed by atoms with Crippen LogP contribution in [0.25, 0.3) is 0 Å². The summed E-state index contributed by atoms with van der Waals surface area (Å²) in [6, 6.07) is 6.55. The van der Waals surface area contributed by atoms with Crippen LogP contribution >= 0.6 is 22.9 Å². The van der Waals surface area contributed by atoms with E-state index in [0.717, 1.165) is 36.1 Å². The molecule has 0 radical (unpaired) electrons. The van der Waals surface area contributed by atoms with Gasteiger partial charge in [0, 0.05) is 30.2 Å². The highest BCUT2D eigenvalue weighted by Gasteiger charge is 2.35. The highest BCUT2D eigenvalue weighted by molar-refractivity contribution is 7.17. The second-order valence-corrected chi connectivity index (χ2v) is 9.81. The first kappa shape index (κ1) is 22.1. The maximum atomic E-state index is 13.4. The summed E-state index contributed by atoms with van der Waals surface area (Å²) in [7, 11) is 2.24. The molecule has 2 aliphatic rings. The molecule has 1 aromatic carbocycles. The van der Waals surface area contributed by atoms with E-state index in [0.29, 0.717) is 47.6 Å². The molecule has 1 fully saturated rings. The minimum absolute atomic E-state index is 0.0183. The standard InChI is InChI=1S/C22H27ClN4O3S/c1-3-27(2)11-8-17-18(14-27)31-20(19(17)21(28)26-9-12-30-13-10-26)25-22(29)24-16-6-4-15(23)5-7-16/h4-7H,3,8-14H2,1-2H3,(H-,24,25,28,29)/p+1. The number of morpholine rings is 1. The molecule has 4 rings (SSSR count). The molecule has 2 N–H and O–H groups in total. The van der Waals surface area contributed by atoms with Gasteiger partial charge >= 0.3 is 6.03 Å². The van der Waals surface area contributed by atoms with E-state index in [1.54, 1.807) is 24.3 Å². The minimum atomic E-state index is -0.371. The molecule has 9 heteroatoms. The average molecular weight is 464 g/mol. The lowest BCUT2D eigenvalue weighted by atomic mass is 10.00. The quantitative estimate of drug-likeness (QED) is 0.672. The van der Waals surface area contributed by atoms with Gasteiger partial charge in [-0.1, -0.05) is 11.6 Å². The van der Waals surface area contributed by atoms with Gasteiger partial charge in [0.15, 0.2) is 0 Å². The van der Waals surface area contributed by atoms with E-state index in [1.165, 1.54) is 16.2 Å². The first-order valence-electron chi connectivity index (χ1n) is 10.6. The number of benzene rings is 1. The van der Waals surface area contributed by atoms with Crippen molar-refractivity contribution in [3.8, 4) is 0 Å². The predicted octanol–water partition coefficient (Wildman–Crippen LogP) is 4.04. The summed E-state index contributed by atoms with van der Waals surface area (Å²) in [5.74, 6) is -0.0183. The molecule has 2 aliphatic heterocycles. The van der Waals surface area contributed by atoms with Crippen LogP contribution < -0.4 is 10.6 Å². The Bertz CT molecular complexity index is 972. The Balaban J connectivity index is 1.61. The molecule has 3 amide bonds. The lowest BCUT2D eigenvalue weighted by Gasteiger charge is -2.37. The Hall–Kier alpha value is -2.13. The van der Waals surface area contributed by atoms with Crippen molar-refractivity contribution in [3.05, 3.63) is 45.3 Å². The van der Waals surface area contributed by atoms with Crippen LogP contribution in [0.4, 0.5) is 15.5 Å². The number of hydrogen-bond donors (Lipinski definition) is 2. The maximum absolute atomic E-state index is 13.4. The van der Waals surface area contributed by atoms with Crippen molar-refractivity contribution in [1.29, 1.82) is 0 Å². The van der Waals surface area contributed by atoms with Crippen molar-refractivity contribution < 1.29 is 18.8 Å². The number of halogens is 1. The monoisotopic (exact) mass is 463 g/mol. The Kier molecular flexibility index (Phi) is 6.52. The lowest BCUT2D eigenvalue weighted by Crippen LogP contribution is -2.47. The molecule has 1 atom stereocenters. The van der Waals surface area contributed by atoms with Crippen LogP contribution in [0.1, 0.15) is 27.7 Å². The summed E-state index contributed by atoms with van der Waals surface area (Å²) < 4.78 is 6.35. The number of likely N-dealkylation sites (N-methyl/N-ethyl adjacent to an activating group) is 1. The summed E-state index contributed by atoms with van der Waals surface area (Å²) in [4.78, 5) is 29.2. The topological polar surface area (TPSA) is 70.7 Å². The number of anilines is 2. The number of carbonyl (C=O) groups is 2. The number of thiophene rings is 1. The minimum Gasteiger partial charge on any atom is -0.378 e. The summed E-state index contributed by atoms with van der Waals surface area (Å²) in [6.07, 6.45) is 0.835. The molecular formula is C22H28ClN4O3S+. The summed E-state index contributed by atoms with van der Waals surface area (Å²) in [5.41, 5.74) is 2.38. The number of quaternary nitrogens is 1. The highest BCUT2D eigenvalue weighted by Crippen LogP contribution is 2.39. The molecule has 0 spiro atoms. The number of urea groups is 1. The Morgan fingerprint density at radius 2 is 1.90 bits per heavy atom. The van der Waals surface area contributed by atoms with E-state index in [4.69, 9.17) is 16.3 Å². The number of carbonyl (C=O) groups excluding carboxylic acids is 2. The van der Waals surface area contributed by atoms with Gasteiger partial charge in [-0.05, 0) is 36.8 Å². The van der Waals surface area contributed by atoms with Crippen LogP contribution in [0, 0.1) is 0 Å². The van der Waals surface area contributed by atoms with Crippen LogP contribution in [0.3, 0.4) is 0 Å². The van der Waals surface area contributed by atoms with Crippen LogP contribution in [0.5, 0.6) is 0 Å². The second kappa shape index (κ2) is 9.16. The van der Waals surface area contributed by atoms with Gasteiger partial charge in [-0.3, -0.25) is 10.1 Å². The first-order chi connectivity index (χ1) is 14.9. The third kappa shape index (κ3) is 4.87. The molecule has 1 aromatic heterocycles. The molecule has 7 nitrogen and oxygen atoms in total. The van der Waals surface area contributed by atoms with Crippen LogP contribution in [0.2, 0.25) is 5.02 Å². The van der Waals surface area contributed by atoms with E-state index in [9.17, 15) is 9.59 Å². The SMILES string of the molecule is CC[N+]1(C)CCc2c(sc(NC(=O)Nc3ccc(Cl)cc3)c2C(=O)N2CCOCC2)C1. The zero-order valence-electron chi connectivity index (χ0n) is 17.9. The van der Waals surface area contributed by atoms with Gasteiger partial charge in [0.1, 0.15) is 11.5 Å².